The predicted octanol–water partition coefficient (Wildman–Crippen LogP) is 15.1. The van der Waals surface area contributed by atoms with Crippen LogP contribution >= 0.6 is 0 Å². The fourth-order valence-electron chi connectivity index (χ4n) is 8.60. The van der Waals surface area contributed by atoms with E-state index in [0.29, 0.717) is 28.6 Å². The molecule has 0 saturated carbocycles. The number of aromatic nitrogens is 2. The maximum Gasteiger partial charge on any atom is 0.137 e. The first-order chi connectivity index (χ1) is 34.1. The van der Waals surface area contributed by atoms with Crippen LogP contribution in [0.3, 0.4) is 0 Å². The smallest absolute Gasteiger partial charge is 0.137 e. The SMILES string of the molecule is [2H]c1c([2H])c([2H])c(-c2cccc(-c3c([2H])c([2H])c([2H])c([2H])c3[2H])c2Nc2ccccc2Nc2cccc(Oc3ccc4c5ccccc5n(-c5cc6c(cn5)-c5ccccc5C6(C)C)c4c3)c2)c([2H])c1[2H]. The molecule has 0 spiro atoms. The van der Waals surface area contributed by atoms with Gasteiger partial charge in [-0.15, -0.1) is 0 Å². The van der Waals surface area contributed by atoms with E-state index in [-0.39, 0.29) is 33.4 Å². The average molecular weight is 797 g/mol. The number of rotatable bonds is 9. The number of benzene rings is 8. The molecule has 2 N–H and O–H groups in total. The van der Waals surface area contributed by atoms with Crippen molar-refractivity contribution in [2.45, 2.75) is 19.3 Å². The minimum atomic E-state index is -0.562. The molecule has 292 valence electrons. The van der Waals surface area contributed by atoms with E-state index in [1.807, 2.05) is 66.9 Å². The van der Waals surface area contributed by atoms with Crippen LogP contribution in [0.2, 0.25) is 0 Å². The quantitative estimate of drug-likeness (QED) is 0.153. The molecule has 2 aromatic heterocycles. The third-order valence-corrected chi connectivity index (χ3v) is 11.5. The standard InChI is InChI=1S/C56H42N4O/c1-56(2)48-27-11-9-23-44(48)47-36-57-54(35-49(47)56)60-52-30-14-10-24-45(52)46-32-31-41(34-53(46)60)61-40-22-15-21-39(33-40)58-50-28-12-13-29-51(50)59-55-42(37-17-5-3-6-18-37)25-16-26-43(55)38-19-7-4-8-20-38/h3-36,58-59H,1-2H3/i3D,4D,5D,6D,7D,8D,17D,18D,19D,20D. The summed E-state index contributed by atoms with van der Waals surface area (Å²) in [6.07, 6.45) is 1.99. The van der Waals surface area contributed by atoms with E-state index in [0.717, 1.165) is 33.2 Å². The first-order valence-electron chi connectivity index (χ1n) is 25.0. The van der Waals surface area contributed by atoms with Crippen molar-refractivity contribution in [2.75, 3.05) is 10.6 Å². The molecule has 0 bridgehead atoms. The summed E-state index contributed by atoms with van der Waals surface area (Å²) >= 11 is 0. The van der Waals surface area contributed by atoms with Crippen LogP contribution in [0.4, 0.5) is 22.7 Å². The lowest BCUT2D eigenvalue weighted by Gasteiger charge is -2.22. The lowest BCUT2D eigenvalue weighted by molar-refractivity contribution is 0.483. The second-order valence-electron chi connectivity index (χ2n) is 15.4. The number of pyridine rings is 1. The molecule has 8 aromatic carbocycles. The predicted molar refractivity (Wildman–Crippen MR) is 253 cm³/mol. The van der Waals surface area contributed by atoms with Gasteiger partial charge in [0.05, 0.1) is 41.8 Å². The van der Waals surface area contributed by atoms with Crippen LogP contribution in [-0.4, -0.2) is 9.55 Å². The van der Waals surface area contributed by atoms with Crippen LogP contribution in [0.1, 0.15) is 38.7 Å². The Morgan fingerprint density at radius 3 is 1.92 bits per heavy atom. The van der Waals surface area contributed by atoms with Gasteiger partial charge in [0.2, 0.25) is 0 Å². The van der Waals surface area contributed by atoms with Crippen molar-refractivity contribution < 1.29 is 18.4 Å². The minimum absolute atomic E-state index is 0.125. The summed E-state index contributed by atoms with van der Waals surface area (Å²) in [5.41, 5.74) is 8.52. The largest absolute Gasteiger partial charge is 0.457 e. The van der Waals surface area contributed by atoms with E-state index in [2.05, 4.69) is 77.6 Å². The monoisotopic (exact) mass is 796 g/mol. The molecule has 0 unspecified atom stereocenters. The van der Waals surface area contributed by atoms with E-state index in [1.165, 1.54) is 16.7 Å². The van der Waals surface area contributed by atoms with Gasteiger partial charge in [0, 0.05) is 56.9 Å². The van der Waals surface area contributed by atoms with E-state index >= 15 is 0 Å². The molecule has 11 rings (SSSR count). The minimum Gasteiger partial charge on any atom is -0.457 e. The lowest BCUT2D eigenvalue weighted by Crippen LogP contribution is -2.15. The zero-order valence-electron chi connectivity index (χ0n) is 43.2. The molecule has 1 aliphatic carbocycles. The third kappa shape index (κ3) is 6.39. The Kier molecular flexibility index (Phi) is 6.52. The first kappa shape index (κ1) is 27.0. The molecule has 0 fully saturated rings. The molecule has 2 heterocycles. The first-order valence-corrected chi connectivity index (χ1v) is 20.0. The number of hydrogen-bond acceptors (Lipinski definition) is 4. The molecule has 0 atom stereocenters. The van der Waals surface area contributed by atoms with E-state index in [1.54, 1.807) is 30.3 Å². The van der Waals surface area contributed by atoms with Crippen LogP contribution in [0.15, 0.2) is 206 Å². The van der Waals surface area contributed by atoms with Gasteiger partial charge in [-0.2, -0.15) is 0 Å². The maximum atomic E-state index is 8.88. The number of anilines is 4. The molecule has 10 aromatic rings. The van der Waals surface area contributed by atoms with Crippen LogP contribution < -0.4 is 15.4 Å². The summed E-state index contributed by atoms with van der Waals surface area (Å²) in [6.45, 7) is 4.52. The summed E-state index contributed by atoms with van der Waals surface area (Å²) in [6, 6.07) is 39.3. The van der Waals surface area contributed by atoms with Crippen LogP contribution in [0.5, 0.6) is 11.5 Å². The normalized spacial score (nSPS) is 14.9. The average Bonchev–Trinajstić information content (AvgIpc) is 3.82. The number of fused-ring (bicyclic) bond motifs is 6. The summed E-state index contributed by atoms with van der Waals surface area (Å²) in [5.74, 6) is 1.97. The second-order valence-corrected chi connectivity index (χ2v) is 15.4. The van der Waals surface area contributed by atoms with E-state index in [4.69, 9.17) is 23.4 Å². The van der Waals surface area contributed by atoms with Crippen molar-refractivity contribution >= 4 is 44.6 Å². The topological polar surface area (TPSA) is 51.1 Å². The number of hydrogen-bond donors (Lipinski definition) is 2. The van der Waals surface area contributed by atoms with Gasteiger partial charge in [0.15, 0.2) is 0 Å². The molecule has 0 radical (unpaired) electrons. The fourth-order valence-corrected chi connectivity index (χ4v) is 8.60. The van der Waals surface area contributed by atoms with Gasteiger partial charge in [-0.25, -0.2) is 4.98 Å². The highest BCUT2D eigenvalue weighted by atomic mass is 16.5. The second kappa shape index (κ2) is 14.7. The van der Waals surface area contributed by atoms with Crippen LogP contribution in [0, 0.1) is 0 Å². The Morgan fingerprint density at radius 1 is 0.525 bits per heavy atom. The highest BCUT2D eigenvalue weighted by Crippen LogP contribution is 2.49. The van der Waals surface area contributed by atoms with Crippen molar-refractivity contribution in [1.82, 2.24) is 9.55 Å². The Bertz CT molecular complexity index is 3720. The Balaban J connectivity index is 0.958. The van der Waals surface area contributed by atoms with Gasteiger partial charge in [-0.05, 0) is 76.3 Å². The van der Waals surface area contributed by atoms with Crippen molar-refractivity contribution in [3.8, 4) is 50.7 Å². The molecule has 61 heavy (non-hydrogen) atoms. The van der Waals surface area contributed by atoms with Crippen molar-refractivity contribution in [3.05, 3.63) is 217 Å². The Labute approximate surface area is 369 Å². The van der Waals surface area contributed by atoms with Crippen molar-refractivity contribution in [2.24, 2.45) is 0 Å². The molecule has 5 heteroatoms. The van der Waals surface area contributed by atoms with Crippen molar-refractivity contribution in [3.63, 3.8) is 0 Å². The van der Waals surface area contributed by atoms with Gasteiger partial charge in [-0.1, -0.05) is 153 Å². The third-order valence-electron chi connectivity index (χ3n) is 11.5. The zero-order chi connectivity index (χ0) is 49.6. The van der Waals surface area contributed by atoms with E-state index in [9.17, 15) is 0 Å². The maximum absolute atomic E-state index is 8.88. The summed E-state index contributed by atoms with van der Waals surface area (Å²) in [5, 5.41) is 9.01. The van der Waals surface area contributed by atoms with Gasteiger partial charge in [0.25, 0.3) is 0 Å². The highest BCUT2D eigenvalue weighted by Gasteiger charge is 2.36. The van der Waals surface area contributed by atoms with Crippen molar-refractivity contribution in [1.29, 1.82) is 0 Å². The van der Waals surface area contributed by atoms with Gasteiger partial charge < -0.3 is 15.4 Å². The molecular weight excluding hydrogens is 745 g/mol. The highest BCUT2D eigenvalue weighted by molar-refractivity contribution is 6.09. The Hall–Kier alpha value is -7.89. The van der Waals surface area contributed by atoms with Crippen LogP contribution in [0.25, 0.3) is 61.0 Å². The summed E-state index contributed by atoms with van der Waals surface area (Å²) in [4.78, 5) is 5.06. The van der Waals surface area contributed by atoms with E-state index < -0.39 is 60.4 Å². The number of nitrogens with zero attached hydrogens (tertiary/aromatic N) is 2. The summed E-state index contributed by atoms with van der Waals surface area (Å²) in [7, 11) is 0. The zero-order valence-corrected chi connectivity index (χ0v) is 33.2. The molecule has 0 amide bonds. The number of nitrogens with one attached hydrogen (secondary N) is 2. The molecular formula is C56H42N4O. The molecule has 1 aliphatic rings. The lowest BCUT2D eigenvalue weighted by atomic mass is 9.83. The molecule has 5 nitrogen and oxygen atoms in total. The molecule has 0 saturated heterocycles. The van der Waals surface area contributed by atoms with Gasteiger partial charge >= 0.3 is 0 Å². The number of para-hydroxylation sites is 4. The fraction of sp³-hybridized carbons (Fsp3) is 0.0536. The molecule has 0 aliphatic heterocycles. The summed E-state index contributed by atoms with van der Waals surface area (Å²) < 4.78 is 94.7. The van der Waals surface area contributed by atoms with Gasteiger partial charge in [0.1, 0.15) is 17.3 Å². The van der Waals surface area contributed by atoms with Crippen LogP contribution in [-0.2, 0) is 5.41 Å². The Morgan fingerprint density at radius 2 is 1.15 bits per heavy atom. The van der Waals surface area contributed by atoms with Gasteiger partial charge in [-0.3, -0.25) is 4.57 Å². The number of ether oxygens (including phenoxy) is 1.